The number of hydrogen-bond acceptors (Lipinski definition) is 3. The fourth-order valence-electron chi connectivity index (χ4n) is 1.73. The third-order valence-electron chi connectivity index (χ3n) is 2.74. The van der Waals surface area contributed by atoms with Crippen LogP contribution < -0.4 is 5.32 Å². The van der Waals surface area contributed by atoms with Crippen molar-refractivity contribution >= 4 is 23.2 Å². The maximum atomic E-state index is 11.9. The van der Waals surface area contributed by atoms with Gasteiger partial charge in [0, 0.05) is 17.3 Å². The van der Waals surface area contributed by atoms with E-state index in [2.05, 4.69) is 12.2 Å². The molecule has 0 spiro atoms. The normalized spacial score (nSPS) is 10.7. The quantitative estimate of drug-likeness (QED) is 0.771. The number of amides is 1. The Labute approximate surface area is 119 Å². The highest BCUT2D eigenvalue weighted by Gasteiger charge is 2.10. The second-order valence-corrected chi connectivity index (χ2v) is 4.84. The SMILES string of the molecule is CCCCN(CCO)CC(=O)Nc1ccc(Cl)cc1. The molecule has 19 heavy (non-hydrogen) atoms. The number of benzene rings is 1. The number of halogens is 1. The van der Waals surface area contributed by atoms with Gasteiger partial charge in [-0.25, -0.2) is 0 Å². The Morgan fingerprint density at radius 1 is 1.32 bits per heavy atom. The number of hydrogen-bond donors (Lipinski definition) is 2. The number of rotatable bonds is 8. The van der Waals surface area contributed by atoms with Gasteiger partial charge in [0.05, 0.1) is 13.2 Å². The number of nitrogens with one attached hydrogen (secondary N) is 1. The van der Waals surface area contributed by atoms with Gasteiger partial charge in [0.1, 0.15) is 0 Å². The van der Waals surface area contributed by atoms with E-state index in [-0.39, 0.29) is 12.5 Å². The standard InChI is InChI=1S/C14H21ClN2O2/c1-2-3-8-17(9-10-18)11-14(19)16-13-6-4-12(15)5-7-13/h4-7,18H,2-3,8-11H2,1H3,(H,16,19). The minimum Gasteiger partial charge on any atom is -0.395 e. The van der Waals surface area contributed by atoms with Gasteiger partial charge in [-0.05, 0) is 37.2 Å². The van der Waals surface area contributed by atoms with Crippen LogP contribution in [0.15, 0.2) is 24.3 Å². The first kappa shape index (κ1) is 16.0. The predicted molar refractivity (Wildman–Crippen MR) is 78.5 cm³/mol. The van der Waals surface area contributed by atoms with Crippen LogP contribution in [0.1, 0.15) is 19.8 Å². The summed E-state index contributed by atoms with van der Waals surface area (Å²) in [4.78, 5) is 13.8. The fourth-order valence-corrected chi connectivity index (χ4v) is 1.86. The molecule has 0 unspecified atom stereocenters. The maximum absolute atomic E-state index is 11.9. The zero-order valence-corrected chi connectivity index (χ0v) is 12.0. The third-order valence-corrected chi connectivity index (χ3v) is 2.99. The zero-order chi connectivity index (χ0) is 14.1. The van der Waals surface area contributed by atoms with Crippen molar-refractivity contribution < 1.29 is 9.90 Å². The molecule has 0 aliphatic rings. The Balaban J connectivity index is 2.45. The highest BCUT2D eigenvalue weighted by molar-refractivity contribution is 6.30. The lowest BCUT2D eigenvalue weighted by molar-refractivity contribution is -0.117. The summed E-state index contributed by atoms with van der Waals surface area (Å²) in [6, 6.07) is 7.00. The van der Waals surface area contributed by atoms with E-state index >= 15 is 0 Å². The first-order chi connectivity index (χ1) is 9.15. The first-order valence-corrected chi connectivity index (χ1v) is 6.92. The average molecular weight is 285 g/mol. The molecule has 1 amide bonds. The van der Waals surface area contributed by atoms with E-state index in [0.717, 1.165) is 25.1 Å². The molecular weight excluding hydrogens is 264 g/mol. The van der Waals surface area contributed by atoms with Gasteiger partial charge < -0.3 is 10.4 Å². The van der Waals surface area contributed by atoms with Crippen molar-refractivity contribution in [2.45, 2.75) is 19.8 Å². The average Bonchev–Trinajstić information content (AvgIpc) is 2.39. The van der Waals surface area contributed by atoms with Gasteiger partial charge in [-0.3, -0.25) is 9.69 Å². The van der Waals surface area contributed by atoms with Gasteiger partial charge in [-0.2, -0.15) is 0 Å². The Bertz CT molecular complexity index is 382. The van der Waals surface area contributed by atoms with Gasteiger partial charge in [-0.1, -0.05) is 24.9 Å². The number of carbonyl (C=O) groups excluding carboxylic acids is 1. The number of unbranched alkanes of at least 4 members (excludes halogenated alkanes) is 1. The molecule has 0 bridgehead atoms. The molecule has 0 heterocycles. The molecule has 4 nitrogen and oxygen atoms in total. The highest BCUT2D eigenvalue weighted by Crippen LogP contribution is 2.13. The smallest absolute Gasteiger partial charge is 0.238 e. The van der Waals surface area contributed by atoms with Crippen LogP contribution in [0, 0.1) is 0 Å². The molecule has 0 saturated carbocycles. The summed E-state index contributed by atoms with van der Waals surface area (Å²) in [5.41, 5.74) is 0.730. The lowest BCUT2D eigenvalue weighted by Crippen LogP contribution is -2.35. The van der Waals surface area contributed by atoms with Crippen molar-refractivity contribution in [3.05, 3.63) is 29.3 Å². The molecule has 106 valence electrons. The molecule has 0 aliphatic carbocycles. The van der Waals surface area contributed by atoms with Crippen molar-refractivity contribution in [3.8, 4) is 0 Å². The van der Waals surface area contributed by atoms with E-state index in [1.807, 2.05) is 4.90 Å². The van der Waals surface area contributed by atoms with Gasteiger partial charge >= 0.3 is 0 Å². The van der Waals surface area contributed by atoms with E-state index in [1.165, 1.54) is 0 Å². The topological polar surface area (TPSA) is 52.6 Å². The minimum absolute atomic E-state index is 0.0674. The van der Waals surface area contributed by atoms with Crippen molar-refractivity contribution in [1.82, 2.24) is 4.90 Å². The van der Waals surface area contributed by atoms with E-state index in [9.17, 15) is 4.79 Å². The molecule has 1 aromatic rings. The largest absolute Gasteiger partial charge is 0.395 e. The lowest BCUT2D eigenvalue weighted by atomic mass is 10.3. The van der Waals surface area contributed by atoms with Crippen molar-refractivity contribution in [3.63, 3.8) is 0 Å². The minimum atomic E-state index is -0.0770. The molecule has 0 saturated heterocycles. The second-order valence-electron chi connectivity index (χ2n) is 4.41. The van der Waals surface area contributed by atoms with Gasteiger partial charge in [0.25, 0.3) is 0 Å². The van der Waals surface area contributed by atoms with Crippen LogP contribution in [-0.4, -0.2) is 42.2 Å². The molecular formula is C14H21ClN2O2. The lowest BCUT2D eigenvalue weighted by Gasteiger charge is -2.20. The van der Waals surface area contributed by atoms with E-state index < -0.39 is 0 Å². The Kier molecular flexibility index (Phi) is 7.48. The summed E-state index contributed by atoms with van der Waals surface area (Å²) in [5.74, 6) is -0.0770. The van der Waals surface area contributed by atoms with Gasteiger partial charge in [0.15, 0.2) is 0 Å². The molecule has 0 radical (unpaired) electrons. The molecule has 5 heteroatoms. The second kappa shape index (κ2) is 8.91. The van der Waals surface area contributed by atoms with Crippen molar-refractivity contribution in [2.75, 3.05) is 31.6 Å². The first-order valence-electron chi connectivity index (χ1n) is 6.54. The molecule has 0 aromatic heterocycles. The molecule has 0 atom stereocenters. The van der Waals surface area contributed by atoms with Crippen LogP contribution in [0.3, 0.4) is 0 Å². The number of nitrogens with zero attached hydrogens (tertiary/aromatic N) is 1. The van der Waals surface area contributed by atoms with Crippen LogP contribution in [-0.2, 0) is 4.79 Å². The summed E-state index contributed by atoms with van der Waals surface area (Å²) < 4.78 is 0. The number of carbonyl (C=O) groups is 1. The predicted octanol–water partition coefficient (Wildman–Crippen LogP) is 2.37. The Morgan fingerprint density at radius 2 is 2.00 bits per heavy atom. The molecule has 1 aromatic carbocycles. The summed E-state index contributed by atoms with van der Waals surface area (Å²) in [6.07, 6.45) is 2.09. The monoisotopic (exact) mass is 284 g/mol. The molecule has 1 rings (SSSR count). The maximum Gasteiger partial charge on any atom is 0.238 e. The summed E-state index contributed by atoms with van der Waals surface area (Å²) in [7, 11) is 0. The van der Waals surface area contributed by atoms with Crippen LogP contribution in [0.5, 0.6) is 0 Å². The molecule has 2 N–H and O–H groups in total. The van der Waals surface area contributed by atoms with Gasteiger partial charge in [0.2, 0.25) is 5.91 Å². The van der Waals surface area contributed by atoms with Crippen molar-refractivity contribution in [1.29, 1.82) is 0 Å². The van der Waals surface area contributed by atoms with Crippen molar-refractivity contribution in [2.24, 2.45) is 0 Å². The van der Waals surface area contributed by atoms with E-state index in [4.69, 9.17) is 16.7 Å². The summed E-state index contributed by atoms with van der Waals surface area (Å²) in [6.45, 7) is 3.81. The summed E-state index contributed by atoms with van der Waals surface area (Å²) in [5, 5.41) is 12.4. The Hall–Kier alpha value is -1.10. The third kappa shape index (κ3) is 6.57. The molecule has 0 fully saturated rings. The fraction of sp³-hybridized carbons (Fsp3) is 0.500. The van der Waals surface area contributed by atoms with Gasteiger partial charge in [-0.15, -0.1) is 0 Å². The highest BCUT2D eigenvalue weighted by atomic mass is 35.5. The number of aliphatic hydroxyl groups is 1. The zero-order valence-electron chi connectivity index (χ0n) is 11.2. The molecule has 0 aliphatic heterocycles. The number of anilines is 1. The Morgan fingerprint density at radius 3 is 2.58 bits per heavy atom. The summed E-state index contributed by atoms with van der Waals surface area (Å²) >= 11 is 5.78. The van der Waals surface area contributed by atoms with Crippen LogP contribution in [0.25, 0.3) is 0 Å². The number of aliphatic hydroxyl groups excluding tert-OH is 1. The van der Waals surface area contributed by atoms with E-state index in [1.54, 1.807) is 24.3 Å². The van der Waals surface area contributed by atoms with E-state index in [0.29, 0.717) is 18.1 Å². The van der Waals surface area contributed by atoms with Crippen LogP contribution in [0.4, 0.5) is 5.69 Å². The van der Waals surface area contributed by atoms with Crippen LogP contribution in [0.2, 0.25) is 5.02 Å². The van der Waals surface area contributed by atoms with Crippen LogP contribution >= 0.6 is 11.6 Å².